The molecule has 0 aromatic heterocycles. The zero-order valence-corrected chi connectivity index (χ0v) is 20.3. The lowest BCUT2D eigenvalue weighted by molar-refractivity contribution is -0.213. The molecule has 4 atom stereocenters. The third-order valence-corrected chi connectivity index (χ3v) is 8.86. The van der Waals surface area contributed by atoms with Gasteiger partial charge in [0.25, 0.3) is 0 Å². The first-order valence-electron chi connectivity index (χ1n) is 13.0. The fraction of sp³-hybridized carbons (Fsp3) is 0.552. The predicted molar refractivity (Wildman–Crippen MR) is 131 cm³/mol. The summed E-state index contributed by atoms with van der Waals surface area (Å²) in [7, 11) is 1.69. The Balaban J connectivity index is 1.41. The fourth-order valence-corrected chi connectivity index (χ4v) is 7.56. The topological polar surface area (TPSA) is 48.0 Å². The summed E-state index contributed by atoms with van der Waals surface area (Å²) in [5, 5.41) is 0. The number of hydrogen-bond acceptors (Lipinski definition) is 5. The summed E-state index contributed by atoms with van der Waals surface area (Å²) in [6.07, 6.45) is 5.76. The van der Waals surface area contributed by atoms with E-state index in [0.717, 1.165) is 63.1 Å². The molecule has 2 bridgehead atoms. The van der Waals surface area contributed by atoms with Crippen LogP contribution in [0, 0.1) is 0 Å². The summed E-state index contributed by atoms with van der Waals surface area (Å²) in [6.45, 7) is 5.00. The van der Waals surface area contributed by atoms with E-state index in [0.29, 0.717) is 13.0 Å². The molecule has 1 saturated carbocycles. The van der Waals surface area contributed by atoms with Crippen molar-refractivity contribution in [3.8, 4) is 11.5 Å². The van der Waals surface area contributed by atoms with Crippen LogP contribution in [0.3, 0.4) is 0 Å². The Morgan fingerprint density at radius 1 is 1.15 bits per heavy atom. The molecule has 5 nitrogen and oxygen atoms in total. The van der Waals surface area contributed by atoms with Crippen molar-refractivity contribution in [2.45, 2.75) is 75.0 Å². The molecule has 2 aliphatic carbocycles. The number of benzene rings is 2. The Kier molecular flexibility index (Phi) is 5.45. The van der Waals surface area contributed by atoms with Gasteiger partial charge in [-0.25, -0.2) is 0 Å². The van der Waals surface area contributed by atoms with Crippen LogP contribution >= 0.6 is 0 Å². The van der Waals surface area contributed by atoms with Crippen LogP contribution in [-0.2, 0) is 27.8 Å². The number of nitrogens with zero attached hydrogens (tertiary/aromatic N) is 1. The minimum atomic E-state index is -0.466. The van der Waals surface area contributed by atoms with Gasteiger partial charge in [-0.3, -0.25) is 9.69 Å². The maximum atomic E-state index is 13.3. The molecule has 2 fully saturated rings. The lowest BCUT2D eigenvalue weighted by atomic mass is 9.48. The van der Waals surface area contributed by atoms with Gasteiger partial charge in [0.2, 0.25) is 0 Å². The fourth-order valence-electron chi connectivity index (χ4n) is 7.56. The van der Waals surface area contributed by atoms with Crippen molar-refractivity contribution in [1.82, 2.24) is 4.90 Å². The van der Waals surface area contributed by atoms with Crippen molar-refractivity contribution >= 4 is 5.78 Å². The molecule has 0 radical (unpaired) electrons. The highest BCUT2D eigenvalue weighted by Crippen LogP contribution is 2.66. The van der Waals surface area contributed by atoms with Crippen LogP contribution in [0.5, 0.6) is 11.5 Å². The molecule has 0 N–H and O–H groups in total. The molecule has 180 valence electrons. The van der Waals surface area contributed by atoms with E-state index in [4.69, 9.17) is 14.2 Å². The number of carbonyl (C=O) groups is 1. The average molecular weight is 462 g/mol. The number of carbonyl (C=O) groups excluding carboxylic acids is 1. The van der Waals surface area contributed by atoms with E-state index in [1.807, 2.05) is 6.07 Å². The van der Waals surface area contributed by atoms with E-state index in [2.05, 4.69) is 48.2 Å². The summed E-state index contributed by atoms with van der Waals surface area (Å²) >= 11 is 0. The van der Waals surface area contributed by atoms with Gasteiger partial charge in [0.1, 0.15) is 0 Å². The molecular weight excluding hydrogens is 426 g/mol. The second kappa shape index (κ2) is 8.39. The normalized spacial score (nSPS) is 31.2. The Morgan fingerprint density at radius 3 is 2.79 bits per heavy atom. The van der Waals surface area contributed by atoms with Crippen LogP contribution in [0.4, 0.5) is 0 Å². The van der Waals surface area contributed by atoms with Crippen molar-refractivity contribution in [3.63, 3.8) is 0 Å². The van der Waals surface area contributed by atoms with Gasteiger partial charge in [0, 0.05) is 24.6 Å². The Bertz CT molecular complexity index is 1090. The SMILES string of the molecule is CCCN1CC[C@]23c4c5ccc(OC)c4O[C@H]2C(=O)CC[C@@]3(OCCCc2ccccc2)[C@H]1C5. The summed E-state index contributed by atoms with van der Waals surface area (Å²) in [5.41, 5.74) is 3.04. The van der Waals surface area contributed by atoms with E-state index in [9.17, 15) is 4.79 Å². The second-order valence-corrected chi connectivity index (χ2v) is 10.4. The largest absolute Gasteiger partial charge is 0.493 e. The minimum absolute atomic E-state index is 0.220. The number of ether oxygens (including phenoxy) is 3. The zero-order valence-electron chi connectivity index (χ0n) is 20.3. The van der Waals surface area contributed by atoms with Crippen molar-refractivity contribution < 1.29 is 19.0 Å². The van der Waals surface area contributed by atoms with Gasteiger partial charge < -0.3 is 14.2 Å². The maximum absolute atomic E-state index is 13.3. The van der Waals surface area contributed by atoms with Crippen LogP contribution in [0.15, 0.2) is 42.5 Å². The Hall–Kier alpha value is -2.37. The summed E-state index contributed by atoms with van der Waals surface area (Å²) in [6, 6.07) is 15.1. The summed E-state index contributed by atoms with van der Waals surface area (Å²) in [5.74, 6) is 1.75. The highest BCUT2D eigenvalue weighted by molar-refractivity contribution is 5.90. The number of aryl methyl sites for hydroxylation is 1. The van der Waals surface area contributed by atoms with E-state index < -0.39 is 17.1 Å². The molecule has 0 unspecified atom stereocenters. The van der Waals surface area contributed by atoms with E-state index in [1.54, 1.807) is 7.11 Å². The lowest BCUT2D eigenvalue weighted by Gasteiger charge is -2.64. The van der Waals surface area contributed by atoms with Gasteiger partial charge in [-0.2, -0.15) is 0 Å². The van der Waals surface area contributed by atoms with Gasteiger partial charge in [-0.05, 0) is 68.8 Å². The molecule has 34 heavy (non-hydrogen) atoms. The van der Waals surface area contributed by atoms with Crippen LogP contribution in [0.2, 0.25) is 0 Å². The van der Waals surface area contributed by atoms with Crippen LogP contribution in [0.1, 0.15) is 55.7 Å². The standard InChI is InChI=1S/C29H35NO4/c1-3-16-30-17-15-28-25-21-11-12-23(32-2)26(25)34-27(28)22(31)13-14-29(28,24(30)19-21)33-18-7-10-20-8-5-4-6-9-20/h4-6,8-9,11-12,24,27H,3,7,10,13-19H2,1-2H3/t24-,27+,28+,29-/m1/s1. The van der Waals surface area contributed by atoms with Crippen LogP contribution < -0.4 is 9.47 Å². The molecule has 1 spiro atoms. The monoisotopic (exact) mass is 461 g/mol. The second-order valence-electron chi connectivity index (χ2n) is 10.4. The molecule has 5 heteroatoms. The van der Waals surface area contributed by atoms with E-state index >= 15 is 0 Å². The smallest absolute Gasteiger partial charge is 0.174 e. The van der Waals surface area contributed by atoms with Crippen LogP contribution in [-0.4, -0.2) is 55.2 Å². The highest BCUT2D eigenvalue weighted by Gasteiger charge is 2.74. The molecule has 2 aliphatic heterocycles. The van der Waals surface area contributed by atoms with Gasteiger partial charge in [0.15, 0.2) is 23.4 Å². The Labute approximate surface area is 202 Å². The molecule has 6 rings (SSSR count). The first-order valence-corrected chi connectivity index (χ1v) is 13.0. The third kappa shape index (κ3) is 2.96. The number of ketones is 1. The van der Waals surface area contributed by atoms with Gasteiger partial charge >= 0.3 is 0 Å². The quantitative estimate of drug-likeness (QED) is 0.543. The highest BCUT2D eigenvalue weighted by atomic mass is 16.5. The third-order valence-electron chi connectivity index (χ3n) is 8.86. The number of Topliss-reactive ketones (excluding diaryl/α,β-unsaturated/α-hetero) is 1. The molecule has 2 aromatic carbocycles. The van der Waals surface area contributed by atoms with Crippen molar-refractivity contribution in [2.24, 2.45) is 0 Å². The van der Waals surface area contributed by atoms with Crippen LogP contribution in [0.25, 0.3) is 0 Å². The zero-order chi connectivity index (χ0) is 23.3. The molecule has 1 saturated heterocycles. The number of hydrogen-bond donors (Lipinski definition) is 0. The average Bonchev–Trinajstić information content (AvgIpc) is 3.22. The summed E-state index contributed by atoms with van der Waals surface area (Å²) in [4.78, 5) is 16.0. The van der Waals surface area contributed by atoms with Gasteiger partial charge in [0.05, 0.1) is 18.1 Å². The summed E-state index contributed by atoms with van der Waals surface area (Å²) < 4.78 is 19.3. The maximum Gasteiger partial charge on any atom is 0.174 e. The van der Waals surface area contributed by atoms with Crippen molar-refractivity contribution in [3.05, 3.63) is 59.2 Å². The molecule has 4 aliphatic rings. The molecule has 2 heterocycles. The number of methoxy groups -OCH3 is 1. The number of likely N-dealkylation sites (tertiary alicyclic amines) is 1. The molecule has 0 amide bonds. The van der Waals surface area contributed by atoms with Crippen molar-refractivity contribution in [2.75, 3.05) is 26.8 Å². The minimum Gasteiger partial charge on any atom is -0.493 e. The van der Waals surface area contributed by atoms with Crippen molar-refractivity contribution in [1.29, 1.82) is 0 Å². The number of piperidine rings is 1. The molecule has 2 aromatic rings. The number of rotatable bonds is 8. The van der Waals surface area contributed by atoms with E-state index in [1.165, 1.54) is 16.7 Å². The first kappa shape index (κ1) is 22.1. The Morgan fingerprint density at radius 2 is 2.00 bits per heavy atom. The van der Waals surface area contributed by atoms with Gasteiger partial charge in [-0.15, -0.1) is 0 Å². The molecular formula is C29H35NO4. The van der Waals surface area contributed by atoms with Gasteiger partial charge in [-0.1, -0.05) is 43.3 Å². The van der Waals surface area contributed by atoms with E-state index in [-0.39, 0.29) is 11.8 Å². The predicted octanol–water partition coefficient (Wildman–Crippen LogP) is 4.49. The first-order chi connectivity index (χ1) is 16.6. The lowest BCUT2D eigenvalue weighted by Crippen LogP contribution is -2.77.